The molecule has 2 rings (SSSR count). The van der Waals surface area contributed by atoms with Gasteiger partial charge >= 0.3 is 0 Å². The topological polar surface area (TPSA) is 86.5 Å². The van der Waals surface area contributed by atoms with Crippen molar-refractivity contribution in [3.63, 3.8) is 0 Å². The van der Waals surface area contributed by atoms with Crippen LogP contribution in [-0.4, -0.2) is 36.8 Å². The summed E-state index contributed by atoms with van der Waals surface area (Å²) in [6, 6.07) is 3.46. The molecule has 3 N–H and O–H groups in total. The molecule has 1 aliphatic rings. The van der Waals surface area contributed by atoms with Gasteiger partial charge in [-0.1, -0.05) is 0 Å². The van der Waals surface area contributed by atoms with E-state index in [0.717, 1.165) is 0 Å². The monoisotopic (exact) mass is 251 g/mol. The zero-order chi connectivity index (χ0) is 13.0. The highest BCUT2D eigenvalue weighted by atomic mass is 16.5. The van der Waals surface area contributed by atoms with Gasteiger partial charge in [0.15, 0.2) is 0 Å². The maximum atomic E-state index is 12.2. The first-order valence-corrected chi connectivity index (χ1v) is 5.83. The number of nitrogens with zero attached hydrogens (tertiary/aromatic N) is 1. The predicted octanol–water partition coefficient (Wildman–Crippen LogP) is 0.537. The molecule has 0 aliphatic carbocycles. The van der Waals surface area contributed by atoms with E-state index >= 15 is 0 Å². The molecule has 1 aromatic heterocycles. The van der Waals surface area contributed by atoms with Crippen molar-refractivity contribution in [1.82, 2.24) is 4.98 Å². The van der Waals surface area contributed by atoms with E-state index in [9.17, 15) is 4.79 Å². The SMILES string of the molecule is COc1ncccc1NC(=O)C1(N)CCOCC1. The second kappa shape index (κ2) is 5.32. The minimum atomic E-state index is -0.876. The molecule has 6 heteroatoms. The van der Waals surface area contributed by atoms with Gasteiger partial charge in [-0.15, -0.1) is 0 Å². The van der Waals surface area contributed by atoms with Gasteiger partial charge < -0.3 is 20.5 Å². The Bertz CT molecular complexity index is 430. The standard InChI is InChI=1S/C12H17N3O3/c1-17-10-9(3-2-6-14-10)15-11(16)12(13)4-7-18-8-5-12/h2-3,6H,4-5,7-8,13H2,1H3,(H,15,16). The van der Waals surface area contributed by atoms with Crippen LogP contribution in [-0.2, 0) is 9.53 Å². The van der Waals surface area contributed by atoms with Gasteiger partial charge in [0, 0.05) is 19.4 Å². The van der Waals surface area contributed by atoms with Crippen LogP contribution >= 0.6 is 0 Å². The Labute approximate surface area is 105 Å². The Balaban J connectivity index is 2.10. The van der Waals surface area contributed by atoms with Gasteiger partial charge in [0.1, 0.15) is 11.2 Å². The fourth-order valence-electron chi connectivity index (χ4n) is 1.86. The zero-order valence-corrected chi connectivity index (χ0v) is 10.3. The summed E-state index contributed by atoms with van der Waals surface area (Å²) in [4.78, 5) is 16.2. The maximum absolute atomic E-state index is 12.2. The minimum Gasteiger partial charge on any atom is -0.480 e. The molecule has 1 aromatic rings. The lowest BCUT2D eigenvalue weighted by Crippen LogP contribution is -2.54. The van der Waals surface area contributed by atoms with Crippen molar-refractivity contribution in [2.24, 2.45) is 5.73 Å². The molecule has 1 amide bonds. The average Bonchev–Trinajstić information content (AvgIpc) is 2.40. The molecular formula is C12H17N3O3. The van der Waals surface area contributed by atoms with Crippen molar-refractivity contribution >= 4 is 11.6 Å². The first-order chi connectivity index (χ1) is 8.65. The van der Waals surface area contributed by atoms with E-state index in [4.69, 9.17) is 15.2 Å². The van der Waals surface area contributed by atoms with Crippen molar-refractivity contribution in [3.05, 3.63) is 18.3 Å². The Hall–Kier alpha value is -1.66. The van der Waals surface area contributed by atoms with E-state index in [1.807, 2.05) is 0 Å². The highest BCUT2D eigenvalue weighted by Gasteiger charge is 2.36. The van der Waals surface area contributed by atoms with Crippen LogP contribution < -0.4 is 15.8 Å². The number of hydrogen-bond acceptors (Lipinski definition) is 5. The highest BCUT2D eigenvalue weighted by Crippen LogP contribution is 2.24. The summed E-state index contributed by atoms with van der Waals surface area (Å²) < 4.78 is 10.3. The number of nitrogens with one attached hydrogen (secondary N) is 1. The fourth-order valence-corrected chi connectivity index (χ4v) is 1.86. The van der Waals surface area contributed by atoms with Crippen molar-refractivity contribution in [3.8, 4) is 5.88 Å². The molecule has 0 unspecified atom stereocenters. The quantitative estimate of drug-likeness (QED) is 0.818. The minimum absolute atomic E-state index is 0.225. The van der Waals surface area contributed by atoms with E-state index < -0.39 is 5.54 Å². The van der Waals surface area contributed by atoms with Crippen molar-refractivity contribution in [2.75, 3.05) is 25.6 Å². The number of nitrogens with two attached hydrogens (primary N) is 1. The molecule has 1 saturated heterocycles. The van der Waals surface area contributed by atoms with Gasteiger partial charge in [-0.25, -0.2) is 4.98 Å². The number of ether oxygens (including phenoxy) is 2. The van der Waals surface area contributed by atoms with Gasteiger partial charge in [0.05, 0.1) is 7.11 Å². The third-order valence-corrected chi connectivity index (χ3v) is 3.05. The first-order valence-electron chi connectivity index (χ1n) is 5.83. The third-order valence-electron chi connectivity index (χ3n) is 3.05. The van der Waals surface area contributed by atoms with Crippen LogP contribution in [0.2, 0.25) is 0 Å². The Morgan fingerprint density at radius 2 is 2.28 bits per heavy atom. The summed E-state index contributed by atoms with van der Waals surface area (Å²) in [7, 11) is 1.50. The van der Waals surface area contributed by atoms with Gasteiger partial charge in [0.25, 0.3) is 0 Å². The summed E-state index contributed by atoms with van der Waals surface area (Å²) in [5, 5.41) is 2.76. The summed E-state index contributed by atoms with van der Waals surface area (Å²) in [5.74, 6) is 0.151. The number of aromatic nitrogens is 1. The molecule has 0 radical (unpaired) electrons. The van der Waals surface area contributed by atoms with E-state index in [2.05, 4.69) is 10.3 Å². The lowest BCUT2D eigenvalue weighted by molar-refractivity contribution is -0.124. The maximum Gasteiger partial charge on any atom is 0.244 e. The summed E-state index contributed by atoms with van der Waals surface area (Å²) in [5.41, 5.74) is 5.74. The largest absolute Gasteiger partial charge is 0.480 e. The number of pyridine rings is 1. The van der Waals surface area contributed by atoms with Gasteiger partial charge in [-0.05, 0) is 25.0 Å². The summed E-state index contributed by atoms with van der Waals surface area (Å²) in [6.45, 7) is 1.02. The van der Waals surface area contributed by atoms with Crippen LogP contribution in [0.3, 0.4) is 0 Å². The molecule has 98 valence electrons. The molecule has 1 aliphatic heterocycles. The number of rotatable bonds is 3. The molecule has 18 heavy (non-hydrogen) atoms. The van der Waals surface area contributed by atoms with Gasteiger partial charge in [0.2, 0.25) is 11.8 Å². The second-order valence-corrected chi connectivity index (χ2v) is 4.28. The number of carbonyl (C=O) groups excluding carboxylic acids is 1. The molecular weight excluding hydrogens is 234 g/mol. The average molecular weight is 251 g/mol. The zero-order valence-electron chi connectivity index (χ0n) is 10.3. The molecule has 6 nitrogen and oxygen atoms in total. The van der Waals surface area contributed by atoms with Crippen molar-refractivity contribution < 1.29 is 14.3 Å². The lowest BCUT2D eigenvalue weighted by atomic mass is 9.90. The van der Waals surface area contributed by atoms with E-state index in [0.29, 0.717) is 37.6 Å². The number of methoxy groups -OCH3 is 1. The molecule has 2 heterocycles. The van der Waals surface area contributed by atoms with Gasteiger partial charge in [-0.3, -0.25) is 4.79 Å². The Morgan fingerprint density at radius 3 is 2.94 bits per heavy atom. The second-order valence-electron chi connectivity index (χ2n) is 4.28. The van der Waals surface area contributed by atoms with E-state index in [-0.39, 0.29) is 5.91 Å². The molecule has 0 spiro atoms. The fraction of sp³-hybridized carbons (Fsp3) is 0.500. The first kappa shape index (κ1) is 12.8. The molecule has 1 fully saturated rings. The number of hydrogen-bond donors (Lipinski definition) is 2. The summed E-state index contributed by atoms with van der Waals surface area (Å²) in [6.07, 6.45) is 2.63. The predicted molar refractivity (Wildman–Crippen MR) is 66.4 cm³/mol. The number of carbonyl (C=O) groups is 1. The van der Waals surface area contributed by atoms with Crippen molar-refractivity contribution in [2.45, 2.75) is 18.4 Å². The molecule has 0 atom stereocenters. The Kier molecular flexibility index (Phi) is 3.78. The molecule has 0 aromatic carbocycles. The highest BCUT2D eigenvalue weighted by molar-refractivity contribution is 5.98. The van der Waals surface area contributed by atoms with Crippen LogP contribution in [0.15, 0.2) is 18.3 Å². The third kappa shape index (κ3) is 2.60. The van der Waals surface area contributed by atoms with Crippen LogP contribution in [0.5, 0.6) is 5.88 Å². The van der Waals surface area contributed by atoms with Gasteiger partial charge in [-0.2, -0.15) is 0 Å². The van der Waals surface area contributed by atoms with E-state index in [1.165, 1.54) is 7.11 Å². The molecule has 0 saturated carbocycles. The molecule has 0 bridgehead atoms. The lowest BCUT2D eigenvalue weighted by Gasteiger charge is -2.31. The van der Waals surface area contributed by atoms with Crippen LogP contribution in [0.25, 0.3) is 0 Å². The smallest absolute Gasteiger partial charge is 0.244 e. The summed E-state index contributed by atoms with van der Waals surface area (Å²) >= 11 is 0. The number of amides is 1. The van der Waals surface area contributed by atoms with Crippen LogP contribution in [0.1, 0.15) is 12.8 Å². The number of anilines is 1. The van der Waals surface area contributed by atoms with Crippen LogP contribution in [0, 0.1) is 0 Å². The van der Waals surface area contributed by atoms with E-state index in [1.54, 1.807) is 18.3 Å². The Morgan fingerprint density at radius 1 is 1.56 bits per heavy atom. The van der Waals surface area contributed by atoms with Crippen LogP contribution in [0.4, 0.5) is 5.69 Å². The van der Waals surface area contributed by atoms with Crippen molar-refractivity contribution in [1.29, 1.82) is 0 Å². The normalized spacial score (nSPS) is 18.1.